The van der Waals surface area contributed by atoms with Gasteiger partial charge < -0.3 is 15.2 Å². The number of carbonyl (C=O) groups excluding carboxylic acids is 1. The molecule has 0 aromatic rings. The lowest BCUT2D eigenvalue weighted by atomic mass is 10.0. The van der Waals surface area contributed by atoms with Crippen LogP contribution in [0.25, 0.3) is 0 Å². The second-order valence-corrected chi connectivity index (χ2v) is 4.60. The average Bonchev–Trinajstić information content (AvgIpc) is 2.25. The highest BCUT2D eigenvalue weighted by atomic mass is 16.5. The lowest BCUT2D eigenvalue weighted by molar-refractivity contribution is -0.150. The molecule has 1 unspecified atom stereocenters. The zero-order valence-corrected chi connectivity index (χ0v) is 10.9. The Morgan fingerprint density at radius 3 is 2.50 bits per heavy atom. The summed E-state index contributed by atoms with van der Waals surface area (Å²) in [4.78, 5) is 11.6. The van der Waals surface area contributed by atoms with Crippen LogP contribution in [0.3, 0.4) is 0 Å². The Balaban J connectivity index is 3.88. The summed E-state index contributed by atoms with van der Waals surface area (Å²) in [5, 5.41) is 0. The van der Waals surface area contributed by atoms with Crippen LogP contribution in [0.4, 0.5) is 0 Å². The third-order valence-electron chi connectivity index (χ3n) is 2.76. The van der Waals surface area contributed by atoms with Gasteiger partial charge in [-0.25, -0.2) is 0 Å². The fourth-order valence-electron chi connectivity index (χ4n) is 1.30. The average molecular weight is 231 g/mol. The molecular weight excluding hydrogens is 206 g/mol. The summed E-state index contributed by atoms with van der Waals surface area (Å²) in [6, 6.07) is 0. The molecule has 96 valence electrons. The molecule has 0 aliphatic carbocycles. The van der Waals surface area contributed by atoms with Crippen LogP contribution in [0, 0.1) is 5.92 Å². The SMILES string of the molecule is CCCC(CN)C(=O)OCCC(C)(C)OC. The maximum absolute atomic E-state index is 11.6. The van der Waals surface area contributed by atoms with Crippen LogP contribution in [0.15, 0.2) is 0 Å². The molecule has 0 heterocycles. The van der Waals surface area contributed by atoms with E-state index in [9.17, 15) is 4.79 Å². The van der Waals surface area contributed by atoms with E-state index in [-0.39, 0.29) is 17.5 Å². The topological polar surface area (TPSA) is 61.6 Å². The predicted octanol–water partition coefficient (Wildman–Crippen LogP) is 1.72. The van der Waals surface area contributed by atoms with Crippen molar-refractivity contribution in [3.05, 3.63) is 0 Å². The lowest BCUT2D eigenvalue weighted by Gasteiger charge is -2.23. The zero-order valence-electron chi connectivity index (χ0n) is 10.9. The van der Waals surface area contributed by atoms with Gasteiger partial charge in [0.15, 0.2) is 0 Å². The Morgan fingerprint density at radius 2 is 2.06 bits per heavy atom. The van der Waals surface area contributed by atoms with E-state index in [2.05, 4.69) is 0 Å². The number of carbonyl (C=O) groups is 1. The van der Waals surface area contributed by atoms with Gasteiger partial charge in [-0.2, -0.15) is 0 Å². The maximum atomic E-state index is 11.6. The van der Waals surface area contributed by atoms with Gasteiger partial charge >= 0.3 is 5.97 Å². The van der Waals surface area contributed by atoms with Crippen molar-refractivity contribution < 1.29 is 14.3 Å². The quantitative estimate of drug-likeness (QED) is 0.646. The Bertz CT molecular complexity index is 204. The van der Waals surface area contributed by atoms with Gasteiger partial charge in [0.2, 0.25) is 0 Å². The summed E-state index contributed by atoms with van der Waals surface area (Å²) in [6.07, 6.45) is 2.43. The van der Waals surface area contributed by atoms with Crippen LogP contribution in [-0.2, 0) is 14.3 Å². The van der Waals surface area contributed by atoms with Crippen molar-refractivity contribution in [1.82, 2.24) is 0 Å². The maximum Gasteiger partial charge on any atom is 0.310 e. The van der Waals surface area contributed by atoms with Crippen molar-refractivity contribution in [3.8, 4) is 0 Å². The first kappa shape index (κ1) is 15.4. The van der Waals surface area contributed by atoms with Gasteiger partial charge in [0, 0.05) is 20.1 Å². The standard InChI is InChI=1S/C12H25NO3/c1-5-6-10(9-13)11(14)16-8-7-12(2,3)15-4/h10H,5-9,13H2,1-4H3. The predicted molar refractivity (Wildman–Crippen MR) is 64.1 cm³/mol. The van der Waals surface area contributed by atoms with Gasteiger partial charge in [-0.3, -0.25) is 4.79 Å². The molecule has 0 aliphatic rings. The van der Waals surface area contributed by atoms with E-state index in [1.807, 2.05) is 20.8 Å². The van der Waals surface area contributed by atoms with E-state index in [0.717, 1.165) is 12.8 Å². The minimum atomic E-state index is -0.247. The fourth-order valence-corrected chi connectivity index (χ4v) is 1.30. The van der Waals surface area contributed by atoms with Crippen molar-refractivity contribution in [2.75, 3.05) is 20.3 Å². The Hall–Kier alpha value is -0.610. The molecule has 0 radical (unpaired) electrons. The number of hydrogen-bond acceptors (Lipinski definition) is 4. The van der Waals surface area contributed by atoms with Crippen LogP contribution in [0.2, 0.25) is 0 Å². The molecule has 4 nitrogen and oxygen atoms in total. The number of ether oxygens (including phenoxy) is 2. The number of esters is 1. The summed E-state index contributed by atoms with van der Waals surface area (Å²) in [6.45, 7) is 6.71. The second-order valence-electron chi connectivity index (χ2n) is 4.60. The van der Waals surface area contributed by atoms with Crippen molar-refractivity contribution in [2.45, 2.75) is 45.6 Å². The second kappa shape index (κ2) is 7.63. The van der Waals surface area contributed by atoms with Crippen molar-refractivity contribution in [3.63, 3.8) is 0 Å². The Morgan fingerprint density at radius 1 is 1.44 bits per heavy atom. The number of hydrogen-bond donors (Lipinski definition) is 1. The van der Waals surface area contributed by atoms with Crippen LogP contribution >= 0.6 is 0 Å². The van der Waals surface area contributed by atoms with Crippen LogP contribution in [0.5, 0.6) is 0 Å². The van der Waals surface area contributed by atoms with Crippen LogP contribution < -0.4 is 5.73 Å². The molecule has 1 atom stereocenters. The Kier molecular flexibility index (Phi) is 7.34. The third kappa shape index (κ3) is 6.08. The van der Waals surface area contributed by atoms with E-state index in [4.69, 9.17) is 15.2 Å². The van der Waals surface area contributed by atoms with Gasteiger partial charge in [-0.1, -0.05) is 13.3 Å². The van der Waals surface area contributed by atoms with Gasteiger partial charge in [0.1, 0.15) is 0 Å². The first-order chi connectivity index (χ1) is 7.46. The van der Waals surface area contributed by atoms with Crippen molar-refractivity contribution in [1.29, 1.82) is 0 Å². The summed E-state index contributed by atoms with van der Waals surface area (Å²) in [7, 11) is 1.65. The number of rotatable bonds is 8. The zero-order chi connectivity index (χ0) is 12.6. The molecule has 0 bridgehead atoms. The van der Waals surface area contributed by atoms with Gasteiger partial charge in [0.25, 0.3) is 0 Å². The molecule has 0 aliphatic heterocycles. The molecule has 0 saturated carbocycles. The molecule has 0 rings (SSSR count). The molecule has 16 heavy (non-hydrogen) atoms. The molecule has 4 heteroatoms. The molecule has 0 aromatic carbocycles. The third-order valence-corrected chi connectivity index (χ3v) is 2.76. The molecule has 0 saturated heterocycles. The smallest absolute Gasteiger partial charge is 0.310 e. The fraction of sp³-hybridized carbons (Fsp3) is 0.917. The lowest BCUT2D eigenvalue weighted by Crippen LogP contribution is -2.29. The highest BCUT2D eigenvalue weighted by molar-refractivity contribution is 5.72. The minimum Gasteiger partial charge on any atom is -0.465 e. The van der Waals surface area contributed by atoms with Crippen molar-refractivity contribution >= 4 is 5.97 Å². The monoisotopic (exact) mass is 231 g/mol. The van der Waals surface area contributed by atoms with E-state index in [0.29, 0.717) is 19.6 Å². The van der Waals surface area contributed by atoms with Crippen LogP contribution in [-0.4, -0.2) is 31.8 Å². The van der Waals surface area contributed by atoms with E-state index < -0.39 is 0 Å². The first-order valence-corrected chi connectivity index (χ1v) is 5.88. The largest absolute Gasteiger partial charge is 0.465 e. The van der Waals surface area contributed by atoms with Gasteiger partial charge in [0.05, 0.1) is 18.1 Å². The first-order valence-electron chi connectivity index (χ1n) is 5.88. The molecule has 0 spiro atoms. The van der Waals surface area contributed by atoms with Crippen molar-refractivity contribution in [2.24, 2.45) is 11.7 Å². The highest BCUT2D eigenvalue weighted by Crippen LogP contribution is 2.14. The molecule has 0 amide bonds. The normalized spacial score (nSPS) is 13.6. The summed E-state index contributed by atoms with van der Waals surface area (Å²) >= 11 is 0. The summed E-state index contributed by atoms with van der Waals surface area (Å²) in [5.74, 6) is -0.341. The number of methoxy groups -OCH3 is 1. The highest BCUT2D eigenvalue weighted by Gasteiger charge is 2.20. The van der Waals surface area contributed by atoms with E-state index in [1.54, 1.807) is 7.11 Å². The van der Waals surface area contributed by atoms with Gasteiger partial charge in [-0.05, 0) is 20.3 Å². The molecular formula is C12H25NO3. The Labute approximate surface area is 98.5 Å². The molecule has 2 N–H and O–H groups in total. The van der Waals surface area contributed by atoms with E-state index >= 15 is 0 Å². The summed E-state index contributed by atoms with van der Waals surface area (Å²) < 4.78 is 10.4. The minimum absolute atomic E-state index is 0.157. The number of nitrogens with two attached hydrogens (primary N) is 1. The van der Waals surface area contributed by atoms with E-state index in [1.165, 1.54) is 0 Å². The molecule has 0 aromatic heterocycles. The summed E-state index contributed by atoms with van der Waals surface area (Å²) in [5.41, 5.74) is 5.27. The van der Waals surface area contributed by atoms with Gasteiger partial charge in [-0.15, -0.1) is 0 Å². The van der Waals surface area contributed by atoms with Crippen LogP contribution in [0.1, 0.15) is 40.0 Å². The molecule has 0 fully saturated rings.